The van der Waals surface area contributed by atoms with E-state index in [4.69, 9.17) is 11.6 Å². The molecule has 0 unspecified atom stereocenters. The zero-order valence-corrected chi connectivity index (χ0v) is 9.63. The zero-order chi connectivity index (χ0) is 10.7. The standard InChI is InChI=1S/C8H8ClN3.C2H6/c1-5-6(2)12-8(10-5)4-3-7(9)11-12;1-2/h3-4H,1-2H3;1-2H3. The van der Waals surface area contributed by atoms with Gasteiger partial charge in [0.2, 0.25) is 0 Å². The van der Waals surface area contributed by atoms with Crippen LogP contribution in [0.3, 0.4) is 0 Å². The number of halogens is 1. The van der Waals surface area contributed by atoms with E-state index in [0.717, 1.165) is 17.0 Å². The van der Waals surface area contributed by atoms with Crippen molar-refractivity contribution < 1.29 is 0 Å². The molecular formula is C10H14ClN3. The SMILES string of the molecule is CC.Cc1nc2ccc(Cl)nn2c1C. The highest BCUT2D eigenvalue weighted by Crippen LogP contribution is 2.11. The Hall–Kier alpha value is -1.09. The molecule has 0 aliphatic carbocycles. The van der Waals surface area contributed by atoms with Crippen LogP contribution < -0.4 is 0 Å². The first-order chi connectivity index (χ1) is 6.68. The molecule has 0 saturated carbocycles. The highest BCUT2D eigenvalue weighted by molar-refractivity contribution is 6.29. The smallest absolute Gasteiger partial charge is 0.154 e. The van der Waals surface area contributed by atoms with Gasteiger partial charge in [0.15, 0.2) is 5.65 Å². The lowest BCUT2D eigenvalue weighted by atomic mass is 10.4. The largest absolute Gasteiger partial charge is 0.232 e. The lowest BCUT2D eigenvalue weighted by molar-refractivity contribution is 0.896. The molecule has 0 aliphatic heterocycles. The average molecular weight is 212 g/mol. The highest BCUT2D eigenvalue weighted by atomic mass is 35.5. The minimum absolute atomic E-state index is 0.489. The third-order valence-electron chi connectivity index (χ3n) is 1.91. The van der Waals surface area contributed by atoms with Gasteiger partial charge in [-0.05, 0) is 26.0 Å². The number of rotatable bonds is 0. The average Bonchev–Trinajstić information content (AvgIpc) is 2.48. The van der Waals surface area contributed by atoms with Gasteiger partial charge in [0.05, 0.1) is 11.4 Å². The van der Waals surface area contributed by atoms with Crippen LogP contribution in [0.1, 0.15) is 25.2 Å². The van der Waals surface area contributed by atoms with Gasteiger partial charge in [-0.1, -0.05) is 25.4 Å². The quantitative estimate of drug-likeness (QED) is 0.671. The molecule has 0 amide bonds. The second-order valence-electron chi connectivity index (χ2n) is 2.71. The summed E-state index contributed by atoms with van der Waals surface area (Å²) in [6.07, 6.45) is 0. The third-order valence-corrected chi connectivity index (χ3v) is 2.11. The number of imidazole rings is 1. The lowest BCUT2D eigenvalue weighted by Gasteiger charge is -1.94. The molecule has 76 valence electrons. The maximum Gasteiger partial charge on any atom is 0.154 e. The molecule has 0 spiro atoms. The molecule has 0 saturated heterocycles. The summed E-state index contributed by atoms with van der Waals surface area (Å²) in [5.41, 5.74) is 2.87. The van der Waals surface area contributed by atoms with Gasteiger partial charge in [-0.15, -0.1) is 0 Å². The van der Waals surface area contributed by atoms with Crippen LogP contribution in [0.5, 0.6) is 0 Å². The fraction of sp³-hybridized carbons (Fsp3) is 0.400. The Labute approximate surface area is 88.7 Å². The minimum atomic E-state index is 0.489. The summed E-state index contributed by atoms with van der Waals surface area (Å²) in [5.74, 6) is 0. The van der Waals surface area contributed by atoms with Crippen LogP contribution in [0.15, 0.2) is 12.1 Å². The lowest BCUT2D eigenvalue weighted by Crippen LogP contribution is -1.93. The summed E-state index contributed by atoms with van der Waals surface area (Å²) in [6, 6.07) is 3.60. The normalized spacial score (nSPS) is 9.79. The summed E-state index contributed by atoms with van der Waals surface area (Å²) >= 11 is 5.74. The summed E-state index contributed by atoms with van der Waals surface area (Å²) in [6.45, 7) is 7.93. The highest BCUT2D eigenvalue weighted by Gasteiger charge is 2.04. The van der Waals surface area contributed by atoms with Crippen LogP contribution in [-0.2, 0) is 0 Å². The summed E-state index contributed by atoms with van der Waals surface area (Å²) < 4.78 is 1.75. The maximum absolute atomic E-state index is 5.74. The van der Waals surface area contributed by atoms with Crippen molar-refractivity contribution in [2.45, 2.75) is 27.7 Å². The van der Waals surface area contributed by atoms with Crippen LogP contribution in [-0.4, -0.2) is 14.6 Å². The summed E-state index contributed by atoms with van der Waals surface area (Å²) in [7, 11) is 0. The first-order valence-electron chi connectivity index (χ1n) is 4.67. The number of hydrogen-bond acceptors (Lipinski definition) is 2. The van der Waals surface area contributed by atoms with Crippen molar-refractivity contribution in [2.75, 3.05) is 0 Å². The van der Waals surface area contributed by atoms with Crippen molar-refractivity contribution in [1.82, 2.24) is 14.6 Å². The molecule has 0 aliphatic rings. The predicted molar refractivity (Wildman–Crippen MR) is 58.8 cm³/mol. The number of aromatic nitrogens is 3. The van der Waals surface area contributed by atoms with Crippen molar-refractivity contribution >= 4 is 17.2 Å². The Balaban J connectivity index is 0.000000461. The van der Waals surface area contributed by atoms with Gasteiger partial charge in [0.25, 0.3) is 0 Å². The monoisotopic (exact) mass is 211 g/mol. The van der Waals surface area contributed by atoms with Gasteiger partial charge in [-0.3, -0.25) is 0 Å². The van der Waals surface area contributed by atoms with Crippen molar-refractivity contribution in [1.29, 1.82) is 0 Å². The first kappa shape index (κ1) is 11.0. The minimum Gasteiger partial charge on any atom is -0.232 e. The molecule has 2 aromatic heterocycles. The second-order valence-corrected chi connectivity index (χ2v) is 3.10. The third kappa shape index (κ3) is 1.87. The van der Waals surface area contributed by atoms with Gasteiger partial charge < -0.3 is 0 Å². The number of nitrogens with zero attached hydrogens (tertiary/aromatic N) is 3. The molecule has 2 rings (SSSR count). The van der Waals surface area contributed by atoms with Crippen molar-refractivity contribution in [3.05, 3.63) is 28.7 Å². The Morgan fingerprint density at radius 3 is 2.50 bits per heavy atom. The van der Waals surface area contributed by atoms with Crippen LogP contribution in [0.2, 0.25) is 5.15 Å². The van der Waals surface area contributed by atoms with Gasteiger partial charge in [-0.2, -0.15) is 5.10 Å². The van der Waals surface area contributed by atoms with Gasteiger partial charge in [0.1, 0.15) is 5.15 Å². The van der Waals surface area contributed by atoms with E-state index in [2.05, 4.69) is 10.1 Å². The summed E-state index contributed by atoms with van der Waals surface area (Å²) in [4.78, 5) is 4.30. The second kappa shape index (κ2) is 4.42. The molecule has 14 heavy (non-hydrogen) atoms. The van der Waals surface area contributed by atoms with Crippen LogP contribution in [0, 0.1) is 13.8 Å². The molecule has 2 heterocycles. The van der Waals surface area contributed by atoms with Crippen LogP contribution in [0.4, 0.5) is 0 Å². The van der Waals surface area contributed by atoms with E-state index in [-0.39, 0.29) is 0 Å². The fourth-order valence-electron chi connectivity index (χ4n) is 1.13. The van der Waals surface area contributed by atoms with Crippen molar-refractivity contribution in [3.8, 4) is 0 Å². The fourth-order valence-corrected chi connectivity index (χ4v) is 1.27. The Morgan fingerprint density at radius 1 is 1.21 bits per heavy atom. The van der Waals surface area contributed by atoms with E-state index >= 15 is 0 Å². The molecule has 0 aromatic carbocycles. The summed E-state index contributed by atoms with van der Waals surface area (Å²) in [5, 5.41) is 4.60. The number of aryl methyl sites for hydroxylation is 2. The van der Waals surface area contributed by atoms with E-state index in [1.54, 1.807) is 10.6 Å². The van der Waals surface area contributed by atoms with E-state index in [0.29, 0.717) is 5.15 Å². The maximum atomic E-state index is 5.74. The predicted octanol–water partition coefficient (Wildman–Crippen LogP) is 3.03. The van der Waals surface area contributed by atoms with Crippen LogP contribution in [0.25, 0.3) is 5.65 Å². The molecule has 0 atom stereocenters. The molecule has 0 bridgehead atoms. The topological polar surface area (TPSA) is 30.2 Å². The van der Waals surface area contributed by atoms with E-state index in [1.165, 1.54) is 0 Å². The molecule has 0 radical (unpaired) electrons. The Bertz CT molecular complexity index is 434. The number of hydrogen-bond donors (Lipinski definition) is 0. The molecule has 3 nitrogen and oxygen atoms in total. The first-order valence-corrected chi connectivity index (χ1v) is 5.05. The Morgan fingerprint density at radius 2 is 1.86 bits per heavy atom. The molecule has 2 aromatic rings. The van der Waals surface area contributed by atoms with Crippen molar-refractivity contribution in [3.63, 3.8) is 0 Å². The molecule has 0 N–H and O–H groups in total. The Kier molecular flexibility index (Phi) is 3.47. The van der Waals surface area contributed by atoms with Gasteiger partial charge in [0, 0.05) is 0 Å². The molecule has 4 heteroatoms. The molecule has 0 fully saturated rings. The number of fused-ring (bicyclic) bond motifs is 1. The van der Waals surface area contributed by atoms with E-state index in [1.807, 2.05) is 33.8 Å². The van der Waals surface area contributed by atoms with Gasteiger partial charge in [-0.25, -0.2) is 9.50 Å². The van der Waals surface area contributed by atoms with Gasteiger partial charge >= 0.3 is 0 Å². The zero-order valence-electron chi connectivity index (χ0n) is 8.87. The molecular weight excluding hydrogens is 198 g/mol. The van der Waals surface area contributed by atoms with E-state index < -0.39 is 0 Å². The van der Waals surface area contributed by atoms with E-state index in [9.17, 15) is 0 Å². The van der Waals surface area contributed by atoms with Crippen molar-refractivity contribution in [2.24, 2.45) is 0 Å². The van der Waals surface area contributed by atoms with Crippen LogP contribution >= 0.6 is 11.6 Å².